The first-order valence-electron chi connectivity index (χ1n) is 16.1. The third kappa shape index (κ3) is 9.54. The van der Waals surface area contributed by atoms with Gasteiger partial charge in [-0.15, -0.1) is 0 Å². The fourth-order valence-corrected chi connectivity index (χ4v) is 7.39. The standard InChI is InChI=1S/C35H43N3O9S/c1-24(2)20-38(21-31(39)30(19-25-9-5-3-6-10-25)37-34(40)46-22-26-11-7-4-8-12-26)48(42,43)28-15-13-27(14-16-28)36-35(41)47-32-23-45-33-29(32)17-18-44-33/h3-16,24,29-33,39H,17-23H2,1-2H3,(H,36,41)(H,37,40)/t29-,30-,31+,32-,33+/m0/s1. The lowest BCUT2D eigenvalue weighted by atomic mass is 10.0. The first kappa shape index (κ1) is 35.3. The van der Waals surface area contributed by atoms with Crippen LogP contribution in [0.25, 0.3) is 0 Å². The van der Waals surface area contributed by atoms with Crippen molar-refractivity contribution in [3.05, 3.63) is 96.1 Å². The molecule has 0 aromatic heterocycles. The van der Waals surface area contributed by atoms with E-state index < -0.39 is 40.5 Å². The van der Waals surface area contributed by atoms with Crippen molar-refractivity contribution in [1.29, 1.82) is 0 Å². The van der Waals surface area contributed by atoms with Crippen molar-refractivity contribution in [2.75, 3.05) is 31.6 Å². The van der Waals surface area contributed by atoms with E-state index in [4.69, 9.17) is 18.9 Å². The van der Waals surface area contributed by atoms with Crippen LogP contribution < -0.4 is 10.6 Å². The lowest BCUT2D eigenvalue weighted by Crippen LogP contribution is -2.51. The van der Waals surface area contributed by atoms with Gasteiger partial charge in [0.1, 0.15) is 12.7 Å². The van der Waals surface area contributed by atoms with Crippen LogP contribution in [0.2, 0.25) is 0 Å². The highest BCUT2D eigenvalue weighted by Crippen LogP contribution is 2.33. The molecule has 0 aliphatic carbocycles. The number of benzene rings is 3. The quantitative estimate of drug-likeness (QED) is 0.223. The second-order valence-corrected chi connectivity index (χ2v) is 14.3. The smallest absolute Gasteiger partial charge is 0.411 e. The zero-order chi connectivity index (χ0) is 34.1. The Bertz CT molecular complexity index is 1590. The summed E-state index contributed by atoms with van der Waals surface area (Å²) in [7, 11) is -4.09. The Labute approximate surface area is 281 Å². The van der Waals surface area contributed by atoms with Gasteiger partial charge < -0.3 is 29.4 Å². The predicted molar refractivity (Wildman–Crippen MR) is 177 cm³/mol. The van der Waals surface area contributed by atoms with Gasteiger partial charge >= 0.3 is 12.2 Å². The average molecular weight is 682 g/mol. The number of aliphatic hydroxyl groups is 1. The van der Waals surface area contributed by atoms with E-state index in [1.807, 2.05) is 74.5 Å². The molecule has 5 atom stereocenters. The molecule has 0 unspecified atom stereocenters. The minimum Gasteiger partial charge on any atom is -0.445 e. The molecule has 48 heavy (non-hydrogen) atoms. The molecule has 13 heteroatoms. The number of fused-ring (bicyclic) bond motifs is 1. The highest BCUT2D eigenvalue weighted by molar-refractivity contribution is 7.89. The first-order chi connectivity index (χ1) is 23.1. The SMILES string of the molecule is CC(C)CN(C[C@@H](O)[C@H](Cc1ccccc1)NC(=O)OCc1ccccc1)S(=O)(=O)c1ccc(NC(=O)O[C@H]2CO[C@H]3OCC[C@H]32)cc1. The molecule has 2 heterocycles. The monoisotopic (exact) mass is 681 g/mol. The summed E-state index contributed by atoms with van der Waals surface area (Å²) < 4.78 is 50.9. The van der Waals surface area contributed by atoms with Gasteiger partial charge in [-0.25, -0.2) is 18.0 Å². The fourth-order valence-electron chi connectivity index (χ4n) is 5.77. The molecule has 258 valence electrons. The fraction of sp³-hybridized carbons (Fsp3) is 0.429. The molecular weight excluding hydrogens is 638 g/mol. The molecule has 3 N–H and O–H groups in total. The van der Waals surface area contributed by atoms with Gasteiger partial charge in [-0.3, -0.25) is 5.32 Å². The van der Waals surface area contributed by atoms with Crippen molar-refractivity contribution in [3.63, 3.8) is 0 Å². The number of carbonyl (C=O) groups excluding carboxylic acids is 2. The van der Waals surface area contributed by atoms with Gasteiger partial charge in [-0.1, -0.05) is 74.5 Å². The lowest BCUT2D eigenvalue weighted by molar-refractivity contribution is -0.0907. The van der Waals surface area contributed by atoms with Crippen LogP contribution in [0, 0.1) is 11.8 Å². The topological polar surface area (TPSA) is 153 Å². The maximum Gasteiger partial charge on any atom is 0.411 e. The van der Waals surface area contributed by atoms with Crippen LogP contribution in [-0.2, 0) is 42.0 Å². The van der Waals surface area contributed by atoms with E-state index in [0.717, 1.165) is 17.5 Å². The second-order valence-electron chi connectivity index (χ2n) is 12.4. The lowest BCUT2D eigenvalue weighted by Gasteiger charge is -2.30. The Morgan fingerprint density at radius 3 is 2.25 bits per heavy atom. The maximum absolute atomic E-state index is 13.9. The summed E-state index contributed by atoms with van der Waals surface area (Å²) in [4.78, 5) is 25.4. The molecule has 2 aliphatic heterocycles. The minimum absolute atomic E-state index is 0.00649. The van der Waals surface area contributed by atoms with Crippen molar-refractivity contribution >= 4 is 27.9 Å². The van der Waals surface area contributed by atoms with E-state index >= 15 is 0 Å². The molecule has 12 nitrogen and oxygen atoms in total. The average Bonchev–Trinajstić information content (AvgIpc) is 3.69. The van der Waals surface area contributed by atoms with Gasteiger partial charge in [0.2, 0.25) is 10.0 Å². The summed E-state index contributed by atoms with van der Waals surface area (Å²) in [5, 5.41) is 16.8. The molecule has 0 spiro atoms. The number of ether oxygens (including phenoxy) is 4. The molecular formula is C35H43N3O9S. The number of hydrogen-bond donors (Lipinski definition) is 3. The summed E-state index contributed by atoms with van der Waals surface area (Å²) in [5.74, 6) is -0.0727. The van der Waals surface area contributed by atoms with Crippen molar-refractivity contribution in [3.8, 4) is 0 Å². The van der Waals surface area contributed by atoms with E-state index in [-0.39, 0.29) is 55.7 Å². The number of carbonyl (C=O) groups is 2. The van der Waals surface area contributed by atoms with Gasteiger partial charge in [-0.05, 0) is 54.2 Å². The Morgan fingerprint density at radius 1 is 0.917 bits per heavy atom. The van der Waals surface area contributed by atoms with Crippen molar-refractivity contribution < 1.29 is 42.1 Å². The van der Waals surface area contributed by atoms with E-state index in [9.17, 15) is 23.1 Å². The summed E-state index contributed by atoms with van der Waals surface area (Å²) in [6, 6.07) is 23.4. The number of rotatable bonds is 14. The summed E-state index contributed by atoms with van der Waals surface area (Å²) >= 11 is 0. The van der Waals surface area contributed by atoms with Crippen LogP contribution in [-0.4, -0.2) is 80.9 Å². The van der Waals surface area contributed by atoms with Crippen LogP contribution in [0.5, 0.6) is 0 Å². The summed E-state index contributed by atoms with van der Waals surface area (Å²) in [6.07, 6.45) is -2.44. The third-order valence-corrected chi connectivity index (χ3v) is 10.1. The van der Waals surface area contributed by atoms with E-state index in [1.165, 1.54) is 28.6 Å². The Morgan fingerprint density at radius 2 is 1.58 bits per heavy atom. The maximum atomic E-state index is 13.9. The minimum atomic E-state index is -4.09. The molecule has 2 aliphatic rings. The number of hydrogen-bond acceptors (Lipinski definition) is 9. The third-order valence-electron chi connectivity index (χ3n) is 8.22. The number of amides is 2. The van der Waals surface area contributed by atoms with E-state index in [1.54, 1.807) is 0 Å². The van der Waals surface area contributed by atoms with Crippen molar-refractivity contribution in [1.82, 2.24) is 9.62 Å². The second kappa shape index (κ2) is 16.4. The molecule has 2 saturated heterocycles. The van der Waals surface area contributed by atoms with Crippen LogP contribution in [0.15, 0.2) is 89.8 Å². The van der Waals surface area contributed by atoms with E-state index in [0.29, 0.717) is 12.3 Å². The normalized spacial score (nSPS) is 20.2. The molecule has 0 bridgehead atoms. The Kier molecular flexibility index (Phi) is 12.1. The zero-order valence-corrected chi connectivity index (χ0v) is 27.9. The highest BCUT2D eigenvalue weighted by Gasteiger charge is 2.44. The predicted octanol–water partition coefficient (Wildman–Crippen LogP) is 4.54. The zero-order valence-electron chi connectivity index (χ0n) is 27.1. The van der Waals surface area contributed by atoms with Crippen molar-refractivity contribution in [2.24, 2.45) is 11.8 Å². The molecule has 2 fully saturated rings. The number of sulfonamides is 1. The van der Waals surface area contributed by atoms with Crippen molar-refractivity contribution in [2.45, 2.75) is 62.7 Å². The van der Waals surface area contributed by atoms with Gasteiger partial charge in [0.15, 0.2) is 6.29 Å². The van der Waals surface area contributed by atoms with E-state index in [2.05, 4.69) is 10.6 Å². The highest BCUT2D eigenvalue weighted by atomic mass is 32.2. The molecule has 2 amide bonds. The van der Waals surface area contributed by atoms with Crippen LogP contribution in [0.4, 0.5) is 15.3 Å². The number of alkyl carbamates (subject to hydrolysis) is 1. The molecule has 0 saturated carbocycles. The number of nitrogens with zero attached hydrogens (tertiary/aromatic N) is 1. The largest absolute Gasteiger partial charge is 0.445 e. The first-order valence-corrected chi connectivity index (χ1v) is 17.5. The molecule has 0 radical (unpaired) electrons. The van der Waals surface area contributed by atoms with Crippen LogP contribution >= 0.6 is 0 Å². The van der Waals surface area contributed by atoms with Crippen LogP contribution in [0.1, 0.15) is 31.4 Å². The van der Waals surface area contributed by atoms with Crippen LogP contribution in [0.3, 0.4) is 0 Å². The summed E-state index contributed by atoms with van der Waals surface area (Å²) in [5.41, 5.74) is 2.01. The van der Waals surface area contributed by atoms with Gasteiger partial charge in [0, 0.05) is 18.8 Å². The Hall–Kier alpha value is -4.01. The van der Waals surface area contributed by atoms with Gasteiger partial charge in [0.25, 0.3) is 0 Å². The number of anilines is 1. The van der Waals surface area contributed by atoms with Gasteiger partial charge in [-0.2, -0.15) is 4.31 Å². The van der Waals surface area contributed by atoms with Gasteiger partial charge in [0.05, 0.1) is 36.2 Å². The number of nitrogens with one attached hydrogen (secondary N) is 2. The molecule has 5 rings (SSSR count). The number of aliphatic hydroxyl groups excluding tert-OH is 1. The Balaban J connectivity index is 1.25. The molecule has 3 aromatic rings. The summed E-state index contributed by atoms with van der Waals surface area (Å²) in [6.45, 7) is 4.46. The molecule has 3 aromatic carbocycles.